The van der Waals surface area contributed by atoms with Crippen molar-refractivity contribution in [2.45, 2.75) is 31.9 Å². The molecule has 1 fully saturated rings. The number of anilines is 1. The van der Waals surface area contributed by atoms with E-state index in [0.717, 1.165) is 49.7 Å². The smallest absolute Gasteiger partial charge is 0.191 e. The lowest BCUT2D eigenvalue weighted by Gasteiger charge is -2.34. The second-order valence-corrected chi connectivity index (χ2v) is 7.25. The number of para-hydroxylation sites is 1. The number of aliphatic hydroxyl groups is 1. The molecule has 0 aliphatic carbocycles. The Morgan fingerprint density at radius 3 is 2.45 bits per heavy atom. The molecule has 0 bridgehead atoms. The van der Waals surface area contributed by atoms with Gasteiger partial charge in [0, 0.05) is 31.4 Å². The molecule has 1 aliphatic rings. The lowest BCUT2D eigenvalue weighted by molar-refractivity contribution is 0.187. The standard InChI is InChI=1S/C23H32N4O2/c1-3-24-23(25-17-22(28)18-9-11-21(29-2)12-10-18)26-19-13-15-27(16-14-19)20-7-5-4-6-8-20/h4-12,19,22,28H,3,13-17H2,1-2H3,(H2,24,25,26). The molecule has 156 valence electrons. The summed E-state index contributed by atoms with van der Waals surface area (Å²) in [4.78, 5) is 7.03. The van der Waals surface area contributed by atoms with Gasteiger partial charge in [-0.2, -0.15) is 0 Å². The lowest BCUT2D eigenvalue weighted by atomic mass is 10.0. The Morgan fingerprint density at radius 2 is 1.83 bits per heavy atom. The summed E-state index contributed by atoms with van der Waals surface area (Å²) in [5, 5.41) is 17.3. The van der Waals surface area contributed by atoms with Gasteiger partial charge in [0.15, 0.2) is 5.96 Å². The van der Waals surface area contributed by atoms with E-state index in [4.69, 9.17) is 4.74 Å². The van der Waals surface area contributed by atoms with Crippen LogP contribution < -0.4 is 20.3 Å². The Bertz CT molecular complexity index is 756. The second kappa shape index (κ2) is 10.7. The quantitative estimate of drug-likeness (QED) is 0.496. The number of rotatable bonds is 7. The van der Waals surface area contributed by atoms with E-state index in [0.29, 0.717) is 12.6 Å². The molecule has 6 nitrogen and oxygen atoms in total. The molecule has 3 rings (SSSR count). The highest BCUT2D eigenvalue weighted by atomic mass is 16.5. The highest BCUT2D eigenvalue weighted by Gasteiger charge is 2.20. The Kier molecular flexibility index (Phi) is 7.76. The van der Waals surface area contributed by atoms with Gasteiger partial charge in [-0.15, -0.1) is 0 Å². The molecule has 1 atom stereocenters. The van der Waals surface area contributed by atoms with Crippen LogP contribution in [0.3, 0.4) is 0 Å². The van der Waals surface area contributed by atoms with Gasteiger partial charge in [0.1, 0.15) is 5.75 Å². The molecule has 2 aromatic rings. The van der Waals surface area contributed by atoms with Crippen LogP contribution in [0.2, 0.25) is 0 Å². The summed E-state index contributed by atoms with van der Waals surface area (Å²) in [6.07, 6.45) is 1.47. The van der Waals surface area contributed by atoms with Crippen molar-refractivity contribution in [2.24, 2.45) is 4.99 Å². The number of piperidine rings is 1. The topological polar surface area (TPSA) is 69.1 Å². The predicted molar refractivity (Wildman–Crippen MR) is 119 cm³/mol. The van der Waals surface area contributed by atoms with E-state index >= 15 is 0 Å². The van der Waals surface area contributed by atoms with Gasteiger partial charge in [0.2, 0.25) is 0 Å². The SMILES string of the molecule is CCNC(=NCC(O)c1ccc(OC)cc1)NC1CCN(c2ccccc2)CC1. The van der Waals surface area contributed by atoms with Crippen molar-refractivity contribution >= 4 is 11.6 Å². The highest BCUT2D eigenvalue weighted by Crippen LogP contribution is 2.20. The van der Waals surface area contributed by atoms with Gasteiger partial charge in [-0.3, -0.25) is 4.99 Å². The first-order valence-corrected chi connectivity index (χ1v) is 10.4. The van der Waals surface area contributed by atoms with E-state index in [-0.39, 0.29) is 0 Å². The maximum atomic E-state index is 10.5. The first-order valence-electron chi connectivity index (χ1n) is 10.4. The molecule has 6 heteroatoms. The van der Waals surface area contributed by atoms with Crippen molar-refractivity contribution in [1.29, 1.82) is 0 Å². The van der Waals surface area contributed by atoms with Crippen molar-refractivity contribution in [3.05, 3.63) is 60.2 Å². The third-order valence-corrected chi connectivity index (χ3v) is 5.22. The van der Waals surface area contributed by atoms with E-state index in [1.165, 1.54) is 5.69 Å². The zero-order valence-electron chi connectivity index (χ0n) is 17.3. The summed E-state index contributed by atoms with van der Waals surface area (Å²) >= 11 is 0. The Hall–Kier alpha value is -2.73. The minimum Gasteiger partial charge on any atom is -0.497 e. The fourth-order valence-electron chi connectivity index (χ4n) is 3.54. The van der Waals surface area contributed by atoms with Crippen LogP contribution in [0.5, 0.6) is 5.75 Å². The van der Waals surface area contributed by atoms with Crippen LogP contribution in [0, 0.1) is 0 Å². The molecular weight excluding hydrogens is 364 g/mol. The van der Waals surface area contributed by atoms with Gasteiger partial charge in [0.05, 0.1) is 19.8 Å². The molecule has 1 saturated heterocycles. The number of hydrogen-bond acceptors (Lipinski definition) is 4. The third-order valence-electron chi connectivity index (χ3n) is 5.22. The van der Waals surface area contributed by atoms with E-state index < -0.39 is 6.10 Å². The third kappa shape index (κ3) is 6.12. The molecule has 2 aromatic carbocycles. The molecular formula is C23H32N4O2. The number of methoxy groups -OCH3 is 1. The Labute approximate surface area is 173 Å². The fraction of sp³-hybridized carbons (Fsp3) is 0.435. The molecule has 0 aromatic heterocycles. The number of guanidine groups is 1. The molecule has 1 heterocycles. The normalized spacial score (nSPS) is 16.4. The van der Waals surface area contributed by atoms with Gasteiger partial charge in [0.25, 0.3) is 0 Å². The average molecular weight is 397 g/mol. The zero-order chi connectivity index (χ0) is 20.5. The van der Waals surface area contributed by atoms with Crippen LogP contribution in [0.25, 0.3) is 0 Å². The van der Waals surface area contributed by atoms with Crippen LogP contribution in [0.15, 0.2) is 59.6 Å². The Balaban J connectivity index is 1.52. The van der Waals surface area contributed by atoms with Gasteiger partial charge >= 0.3 is 0 Å². The fourth-order valence-corrected chi connectivity index (χ4v) is 3.54. The van der Waals surface area contributed by atoms with E-state index in [2.05, 4.69) is 57.8 Å². The molecule has 0 radical (unpaired) electrons. The number of aliphatic imine (C=N–C) groups is 1. The Morgan fingerprint density at radius 1 is 1.14 bits per heavy atom. The lowest BCUT2D eigenvalue weighted by Crippen LogP contribution is -2.48. The van der Waals surface area contributed by atoms with Crippen molar-refractivity contribution in [3.8, 4) is 5.75 Å². The summed E-state index contributed by atoms with van der Waals surface area (Å²) in [5.74, 6) is 1.54. The maximum absolute atomic E-state index is 10.5. The molecule has 1 unspecified atom stereocenters. The van der Waals surface area contributed by atoms with E-state index in [1.54, 1.807) is 7.11 Å². The van der Waals surface area contributed by atoms with E-state index in [9.17, 15) is 5.11 Å². The molecule has 3 N–H and O–H groups in total. The van der Waals surface area contributed by atoms with Crippen molar-refractivity contribution in [3.63, 3.8) is 0 Å². The first-order chi connectivity index (χ1) is 14.2. The minimum atomic E-state index is -0.642. The van der Waals surface area contributed by atoms with Gasteiger partial charge in [-0.05, 0) is 49.6 Å². The summed E-state index contributed by atoms with van der Waals surface area (Å²) in [6, 6.07) is 18.4. The highest BCUT2D eigenvalue weighted by molar-refractivity contribution is 5.80. The molecule has 29 heavy (non-hydrogen) atoms. The number of benzene rings is 2. The molecule has 0 amide bonds. The van der Waals surface area contributed by atoms with Crippen LogP contribution in [-0.2, 0) is 0 Å². The molecule has 1 aliphatic heterocycles. The minimum absolute atomic E-state index is 0.310. The number of nitrogens with one attached hydrogen (secondary N) is 2. The van der Waals surface area contributed by atoms with Crippen molar-refractivity contribution in [1.82, 2.24) is 10.6 Å². The molecule has 0 spiro atoms. The summed E-state index contributed by atoms with van der Waals surface area (Å²) in [7, 11) is 1.63. The number of hydrogen-bond donors (Lipinski definition) is 3. The van der Waals surface area contributed by atoms with Crippen molar-refractivity contribution < 1.29 is 9.84 Å². The largest absolute Gasteiger partial charge is 0.497 e. The maximum Gasteiger partial charge on any atom is 0.191 e. The van der Waals surface area contributed by atoms with Crippen LogP contribution in [0.4, 0.5) is 5.69 Å². The number of nitrogens with zero attached hydrogens (tertiary/aromatic N) is 2. The van der Waals surface area contributed by atoms with Crippen LogP contribution in [0.1, 0.15) is 31.4 Å². The number of ether oxygens (including phenoxy) is 1. The first kappa shape index (κ1) is 21.0. The second-order valence-electron chi connectivity index (χ2n) is 7.25. The molecule has 0 saturated carbocycles. The van der Waals surface area contributed by atoms with E-state index in [1.807, 2.05) is 24.3 Å². The monoisotopic (exact) mass is 396 g/mol. The summed E-state index contributed by atoms with van der Waals surface area (Å²) in [6.45, 7) is 5.19. The average Bonchev–Trinajstić information content (AvgIpc) is 2.78. The van der Waals surface area contributed by atoms with Crippen LogP contribution >= 0.6 is 0 Å². The van der Waals surface area contributed by atoms with Gasteiger partial charge in [-0.25, -0.2) is 0 Å². The van der Waals surface area contributed by atoms with Crippen LogP contribution in [-0.4, -0.2) is 50.4 Å². The number of aliphatic hydroxyl groups excluding tert-OH is 1. The summed E-state index contributed by atoms with van der Waals surface area (Å²) in [5.41, 5.74) is 2.12. The van der Waals surface area contributed by atoms with Crippen molar-refractivity contribution in [2.75, 3.05) is 38.2 Å². The predicted octanol–water partition coefficient (Wildman–Crippen LogP) is 2.95. The van der Waals surface area contributed by atoms with Gasteiger partial charge < -0.3 is 25.4 Å². The zero-order valence-corrected chi connectivity index (χ0v) is 17.3. The summed E-state index contributed by atoms with van der Waals surface area (Å²) < 4.78 is 5.17. The van der Waals surface area contributed by atoms with Gasteiger partial charge in [-0.1, -0.05) is 30.3 Å².